The van der Waals surface area contributed by atoms with Gasteiger partial charge < -0.3 is 4.74 Å². The van der Waals surface area contributed by atoms with Gasteiger partial charge in [0.2, 0.25) is 0 Å². The average molecular weight is 304 g/mol. The van der Waals surface area contributed by atoms with Crippen LogP contribution in [0.15, 0.2) is 18.2 Å². The summed E-state index contributed by atoms with van der Waals surface area (Å²) in [6, 6.07) is 2.47. The van der Waals surface area contributed by atoms with Gasteiger partial charge in [-0.25, -0.2) is 8.78 Å². The molecular weight excluding hydrogens is 284 g/mol. The summed E-state index contributed by atoms with van der Waals surface area (Å²) >= 11 is 0. The fourth-order valence-corrected chi connectivity index (χ4v) is 2.98. The molecule has 1 aromatic rings. The van der Waals surface area contributed by atoms with Crippen LogP contribution in [-0.2, 0) is 0 Å². The van der Waals surface area contributed by atoms with E-state index < -0.39 is 23.7 Å². The Hall–Kier alpha value is -1.26. The number of halogens is 4. The van der Waals surface area contributed by atoms with E-state index in [2.05, 4.69) is 11.7 Å². The van der Waals surface area contributed by atoms with Crippen LogP contribution in [-0.4, -0.2) is 6.11 Å². The Balaban J connectivity index is 1.96. The molecule has 21 heavy (non-hydrogen) atoms. The third kappa shape index (κ3) is 4.11. The minimum Gasteiger partial charge on any atom is -0.432 e. The van der Waals surface area contributed by atoms with Crippen molar-refractivity contribution in [2.75, 3.05) is 0 Å². The molecular formula is C16H20F4O. The molecule has 1 aliphatic rings. The minimum atomic E-state index is -3.35. The van der Waals surface area contributed by atoms with Crippen molar-refractivity contribution in [1.29, 1.82) is 0 Å². The molecule has 0 radical (unpaired) electrons. The Morgan fingerprint density at radius 1 is 1.10 bits per heavy atom. The summed E-state index contributed by atoms with van der Waals surface area (Å²) in [4.78, 5) is 0. The maximum Gasteiger partial charge on any atom is 0.400 e. The number of alkyl halides is 2. The largest absolute Gasteiger partial charge is 0.432 e. The number of hydrogen-bond donors (Lipinski definition) is 0. The van der Waals surface area contributed by atoms with Gasteiger partial charge in [-0.15, -0.1) is 0 Å². The van der Waals surface area contributed by atoms with Gasteiger partial charge in [0, 0.05) is 6.07 Å². The van der Waals surface area contributed by atoms with Crippen LogP contribution in [0.5, 0.6) is 5.75 Å². The van der Waals surface area contributed by atoms with Crippen LogP contribution in [0.4, 0.5) is 17.6 Å². The van der Waals surface area contributed by atoms with Crippen LogP contribution < -0.4 is 4.74 Å². The number of ether oxygens (including phenoxy) is 1. The Labute approximate surface area is 122 Å². The zero-order valence-electron chi connectivity index (χ0n) is 12.0. The van der Waals surface area contributed by atoms with Gasteiger partial charge in [-0.2, -0.15) is 8.78 Å². The number of hydrogen-bond acceptors (Lipinski definition) is 1. The molecule has 2 rings (SSSR count). The molecule has 118 valence electrons. The molecule has 0 aliphatic heterocycles. The van der Waals surface area contributed by atoms with E-state index in [0.29, 0.717) is 24.8 Å². The van der Waals surface area contributed by atoms with E-state index in [-0.39, 0.29) is 5.75 Å². The maximum absolute atomic E-state index is 14.1. The highest BCUT2D eigenvalue weighted by Crippen LogP contribution is 2.41. The average Bonchev–Trinajstić information content (AvgIpc) is 2.44. The molecule has 0 spiro atoms. The molecule has 5 heteroatoms. The molecule has 1 aliphatic carbocycles. The van der Waals surface area contributed by atoms with E-state index >= 15 is 0 Å². The highest BCUT2D eigenvalue weighted by molar-refractivity contribution is 5.24. The first-order valence-electron chi connectivity index (χ1n) is 7.44. The molecule has 1 saturated carbocycles. The smallest absolute Gasteiger partial charge is 0.400 e. The van der Waals surface area contributed by atoms with Gasteiger partial charge in [-0.05, 0) is 43.7 Å². The molecule has 0 N–H and O–H groups in total. The minimum absolute atomic E-state index is 0.338. The molecule has 1 aromatic carbocycles. The second kappa shape index (κ2) is 6.67. The quantitative estimate of drug-likeness (QED) is 0.649. The lowest BCUT2D eigenvalue weighted by molar-refractivity contribution is -0.223. The fraction of sp³-hybridized carbons (Fsp3) is 0.625. The molecule has 0 bridgehead atoms. The first kappa shape index (κ1) is 16.1. The molecule has 0 atom stereocenters. The van der Waals surface area contributed by atoms with E-state index in [1.54, 1.807) is 0 Å². The Morgan fingerprint density at radius 2 is 1.76 bits per heavy atom. The first-order chi connectivity index (χ1) is 9.92. The molecule has 0 heterocycles. The Morgan fingerprint density at radius 3 is 2.33 bits per heavy atom. The van der Waals surface area contributed by atoms with E-state index in [1.165, 1.54) is 0 Å². The highest BCUT2D eigenvalue weighted by Gasteiger charge is 2.43. The zero-order valence-corrected chi connectivity index (χ0v) is 12.0. The summed E-state index contributed by atoms with van der Waals surface area (Å²) in [5, 5.41) is 0. The normalized spacial score (nSPS) is 23.1. The van der Waals surface area contributed by atoms with Crippen molar-refractivity contribution < 1.29 is 22.3 Å². The summed E-state index contributed by atoms with van der Waals surface area (Å²) in [6.07, 6.45) is 1.15. The third-order valence-electron chi connectivity index (χ3n) is 4.16. The van der Waals surface area contributed by atoms with Gasteiger partial charge in [0.05, 0.1) is 5.92 Å². The summed E-state index contributed by atoms with van der Waals surface area (Å²) in [5.74, 6) is -2.95. The molecule has 0 amide bonds. The first-order valence-corrected chi connectivity index (χ1v) is 7.44. The fourth-order valence-electron chi connectivity index (χ4n) is 2.98. The van der Waals surface area contributed by atoms with Crippen molar-refractivity contribution in [2.24, 2.45) is 11.8 Å². The van der Waals surface area contributed by atoms with Crippen molar-refractivity contribution >= 4 is 0 Å². The lowest BCUT2D eigenvalue weighted by atomic mass is 9.79. The predicted octanol–water partition coefficient (Wildman–Crippen LogP) is 5.54. The van der Waals surface area contributed by atoms with Gasteiger partial charge in [-0.3, -0.25) is 0 Å². The maximum atomic E-state index is 14.1. The van der Waals surface area contributed by atoms with Crippen LogP contribution in [0.1, 0.15) is 45.4 Å². The van der Waals surface area contributed by atoms with E-state index in [1.807, 2.05) is 0 Å². The summed E-state index contributed by atoms with van der Waals surface area (Å²) in [7, 11) is 0. The summed E-state index contributed by atoms with van der Waals surface area (Å²) in [6.45, 7) is 2.09. The Bertz CT molecular complexity index is 467. The van der Waals surface area contributed by atoms with Crippen molar-refractivity contribution in [1.82, 2.24) is 0 Å². The number of rotatable bonds is 5. The predicted molar refractivity (Wildman–Crippen MR) is 72.3 cm³/mol. The van der Waals surface area contributed by atoms with Gasteiger partial charge in [0.1, 0.15) is 5.75 Å². The van der Waals surface area contributed by atoms with E-state index in [4.69, 9.17) is 0 Å². The van der Waals surface area contributed by atoms with E-state index in [0.717, 1.165) is 37.8 Å². The van der Waals surface area contributed by atoms with Crippen LogP contribution in [0.25, 0.3) is 0 Å². The van der Waals surface area contributed by atoms with Crippen LogP contribution in [0, 0.1) is 23.5 Å². The van der Waals surface area contributed by atoms with Gasteiger partial charge in [0.25, 0.3) is 0 Å². The molecule has 1 nitrogen and oxygen atoms in total. The molecule has 0 saturated heterocycles. The van der Waals surface area contributed by atoms with Gasteiger partial charge in [-0.1, -0.05) is 19.8 Å². The molecule has 0 unspecified atom stereocenters. The topological polar surface area (TPSA) is 9.23 Å². The number of benzene rings is 1. The summed E-state index contributed by atoms with van der Waals surface area (Å²) < 4.78 is 58.7. The van der Waals surface area contributed by atoms with Crippen LogP contribution in [0.3, 0.4) is 0 Å². The highest BCUT2D eigenvalue weighted by atomic mass is 19.3. The van der Waals surface area contributed by atoms with Crippen LogP contribution >= 0.6 is 0 Å². The third-order valence-corrected chi connectivity index (χ3v) is 4.16. The SMILES string of the molecule is CCCC1CCC(C(F)(F)Oc2ccc(F)c(F)c2)CC1. The van der Waals surface area contributed by atoms with Crippen molar-refractivity contribution in [3.05, 3.63) is 29.8 Å². The lowest BCUT2D eigenvalue weighted by Crippen LogP contribution is -2.37. The monoisotopic (exact) mass is 304 g/mol. The van der Waals surface area contributed by atoms with Gasteiger partial charge >= 0.3 is 6.11 Å². The molecule has 1 fully saturated rings. The second-order valence-electron chi connectivity index (χ2n) is 5.75. The molecule has 0 aromatic heterocycles. The standard InChI is InChI=1S/C16H20F4O/c1-2-3-11-4-6-12(7-5-11)16(19,20)21-13-8-9-14(17)15(18)10-13/h8-12H,2-7H2,1H3. The summed E-state index contributed by atoms with van der Waals surface area (Å²) in [5.41, 5.74) is 0. The lowest BCUT2D eigenvalue weighted by Gasteiger charge is -2.33. The second-order valence-corrected chi connectivity index (χ2v) is 5.75. The zero-order chi connectivity index (χ0) is 15.5. The van der Waals surface area contributed by atoms with Crippen LogP contribution in [0.2, 0.25) is 0 Å². The van der Waals surface area contributed by atoms with Gasteiger partial charge in [0.15, 0.2) is 11.6 Å². The van der Waals surface area contributed by atoms with Crippen molar-refractivity contribution in [2.45, 2.75) is 51.6 Å². The Kier molecular flexibility index (Phi) is 5.12. The van der Waals surface area contributed by atoms with Crippen molar-refractivity contribution in [3.63, 3.8) is 0 Å². The van der Waals surface area contributed by atoms with Crippen molar-refractivity contribution in [3.8, 4) is 5.75 Å². The van der Waals surface area contributed by atoms with E-state index in [9.17, 15) is 17.6 Å².